The van der Waals surface area contributed by atoms with Crippen molar-refractivity contribution in [3.63, 3.8) is 0 Å². The van der Waals surface area contributed by atoms with Crippen LogP contribution in [0.1, 0.15) is 12.0 Å². The van der Waals surface area contributed by atoms with E-state index in [-0.39, 0.29) is 58.2 Å². The minimum absolute atomic E-state index is 0.0991. The fourth-order valence-electron chi connectivity index (χ4n) is 5.32. The molecule has 1 heterocycles. The van der Waals surface area contributed by atoms with Crippen molar-refractivity contribution in [2.75, 3.05) is 14.2 Å². The van der Waals surface area contributed by atoms with Gasteiger partial charge in [-0.1, -0.05) is 12.2 Å². The van der Waals surface area contributed by atoms with E-state index in [9.17, 15) is 19.7 Å². The Morgan fingerprint density at radius 3 is 2.14 bits per heavy atom. The first-order valence-corrected chi connectivity index (χ1v) is 9.46. The summed E-state index contributed by atoms with van der Waals surface area (Å²) < 4.78 is 10.3. The molecule has 2 saturated carbocycles. The van der Waals surface area contributed by atoms with Crippen molar-refractivity contribution in [1.82, 2.24) is 5.01 Å². The molecule has 2 bridgehead atoms. The van der Waals surface area contributed by atoms with Crippen LogP contribution in [0.4, 0.5) is 5.69 Å². The molecule has 9 heteroatoms. The van der Waals surface area contributed by atoms with Gasteiger partial charge in [0.15, 0.2) is 11.5 Å². The number of imide groups is 1. The number of rotatable bonds is 5. The monoisotopic (exact) mass is 397 g/mol. The van der Waals surface area contributed by atoms with Crippen LogP contribution in [0.15, 0.2) is 29.4 Å². The summed E-state index contributed by atoms with van der Waals surface area (Å²) in [7, 11) is 2.79. The number of carbonyl (C=O) groups excluding carboxylic acids is 2. The molecule has 1 aromatic rings. The molecule has 0 spiro atoms. The Morgan fingerprint density at radius 1 is 1.07 bits per heavy atom. The topological polar surface area (TPSA) is 111 Å². The van der Waals surface area contributed by atoms with Crippen molar-refractivity contribution in [3.05, 3.63) is 40.0 Å². The predicted molar refractivity (Wildman–Crippen MR) is 100 cm³/mol. The summed E-state index contributed by atoms with van der Waals surface area (Å²) in [6.07, 6.45) is 6.41. The summed E-state index contributed by atoms with van der Waals surface area (Å²) in [5.74, 6) is 0.333. The van der Waals surface area contributed by atoms with Gasteiger partial charge in [-0.05, 0) is 36.2 Å². The number of carbonyl (C=O) groups is 2. The summed E-state index contributed by atoms with van der Waals surface area (Å²) in [5.41, 5.74) is -0.141. The molecular formula is C20H19N3O6. The molecule has 2 amide bonds. The van der Waals surface area contributed by atoms with Gasteiger partial charge in [0.25, 0.3) is 17.5 Å². The average molecular weight is 397 g/mol. The molecule has 1 saturated heterocycles. The third kappa shape index (κ3) is 2.43. The van der Waals surface area contributed by atoms with E-state index in [4.69, 9.17) is 9.47 Å². The molecular weight excluding hydrogens is 378 g/mol. The first-order valence-electron chi connectivity index (χ1n) is 9.46. The standard InChI is InChI=1S/C20H19N3O6/c1-28-15-5-9(14(23(26)27)7-16(15)29-2)8-21-22-19(24)17-10-3-4-11(13-6-12(10)13)18(17)20(22)25/h3-5,7-8,10-13,17-18H,6H2,1-2H3/b21-8-/t10-,11-,12-,13-,17-,18+/m1/s1. The number of ether oxygens (including phenoxy) is 2. The fraction of sp³-hybridized carbons (Fsp3) is 0.450. The van der Waals surface area contributed by atoms with Gasteiger partial charge in [-0.15, -0.1) is 0 Å². The largest absolute Gasteiger partial charge is 0.493 e. The van der Waals surface area contributed by atoms with E-state index < -0.39 is 4.92 Å². The van der Waals surface area contributed by atoms with Crippen molar-refractivity contribution < 1.29 is 24.0 Å². The second-order valence-corrected chi connectivity index (χ2v) is 7.91. The van der Waals surface area contributed by atoms with E-state index in [0.29, 0.717) is 11.8 Å². The van der Waals surface area contributed by atoms with Crippen LogP contribution in [0.5, 0.6) is 11.5 Å². The lowest BCUT2D eigenvalue weighted by atomic mass is 9.63. The van der Waals surface area contributed by atoms with Crippen LogP contribution in [0.2, 0.25) is 0 Å². The third-order valence-corrected chi connectivity index (χ3v) is 6.68. The lowest BCUT2D eigenvalue weighted by Crippen LogP contribution is -2.40. The molecule has 6 atom stereocenters. The van der Waals surface area contributed by atoms with Gasteiger partial charge in [-0.3, -0.25) is 19.7 Å². The molecule has 0 unspecified atom stereocenters. The smallest absolute Gasteiger partial charge is 0.282 e. The highest BCUT2D eigenvalue weighted by molar-refractivity contribution is 6.06. The summed E-state index contributed by atoms with van der Waals surface area (Å²) in [6, 6.07) is 2.63. The Kier molecular flexibility index (Phi) is 3.77. The molecule has 150 valence electrons. The summed E-state index contributed by atoms with van der Waals surface area (Å²) in [4.78, 5) is 36.8. The van der Waals surface area contributed by atoms with Crippen molar-refractivity contribution in [3.8, 4) is 11.5 Å². The summed E-state index contributed by atoms with van der Waals surface area (Å²) in [6.45, 7) is 0. The Hall–Kier alpha value is -3.23. The van der Waals surface area contributed by atoms with Gasteiger partial charge >= 0.3 is 0 Å². The number of benzene rings is 1. The zero-order valence-corrected chi connectivity index (χ0v) is 15.8. The van der Waals surface area contributed by atoms with Crippen LogP contribution in [0.25, 0.3) is 0 Å². The Labute approximate surface area is 166 Å². The maximum absolute atomic E-state index is 12.9. The summed E-state index contributed by atoms with van der Waals surface area (Å²) in [5, 5.41) is 16.4. The molecule has 0 N–H and O–H groups in total. The van der Waals surface area contributed by atoms with Gasteiger partial charge in [0, 0.05) is 0 Å². The van der Waals surface area contributed by atoms with Crippen LogP contribution in [-0.2, 0) is 9.59 Å². The number of allylic oxidation sites excluding steroid dienone is 2. The molecule has 29 heavy (non-hydrogen) atoms. The molecule has 9 nitrogen and oxygen atoms in total. The van der Waals surface area contributed by atoms with Crippen LogP contribution in [0.3, 0.4) is 0 Å². The Morgan fingerprint density at radius 2 is 1.62 bits per heavy atom. The lowest BCUT2D eigenvalue weighted by Gasteiger charge is -2.37. The molecule has 4 aliphatic carbocycles. The molecule has 0 aromatic heterocycles. The van der Waals surface area contributed by atoms with Gasteiger partial charge in [0.2, 0.25) is 0 Å². The van der Waals surface area contributed by atoms with E-state index >= 15 is 0 Å². The second kappa shape index (κ2) is 6.13. The second-order valence-electron chi connectivity index (χ2n) is 7.91. The predicted octanol–water partition coefficient (Wildman–Crippen LogP) is 2.00. The maximum Gasteiger partial charge on any atom is 0.282 e. The molecule has 1 aliphatic heterocycles. The number of nitrogens with zero attached hydrogens (tertiary/aromatic N) is 3. The van der Waals surface area contributed by atoms with E-state index in [1.54, 1.807) is 0 Å². The number of amides is 2. The minimum Gasteiger partial charge on any atom is -0.493 e. The minimum atomic E-state index is -0.575. The van der Waals surface area contributed by atoms with Crippen molar-refractivity contribution in [2.45, 2.75) is 6.42 Å². The van der Waals surface area contributed by atoms with Crippen molar-refractivity contribution in [1.29, 1.82) is 0 Å². The highest BCUT2D eigenvalue weighted by Crippen LogP contribution is 2.65. The van der Waals surface area contributed by atoms with Crippen LogP contribution in [-0.4, -0.2) is 42.2 Å². The van der Waals surface area contributed by atoms with Crippen LogP contribution >= 0.6 is 0 Å². The summed E-state index contributed by atoms with van der Waals surface area (Å²) >= 11 is 0. The van der Waals surface area contributed by atoms with Gasteiger partial charge in [-0.25, -0.2) is 0 Å². The first-order chi connectivity index (χ1) is 14.0. The molecule has 6 rings (SSSR count). The zero-order valence-electron chi connectivity index (χ0n) is 15.8. The van der Waals surface area contributed by atoms with E-state index in [1.165, 1.54) is 32.6 Å². The van der Waals surface area contributed by atoms with Crippen LogP contribution in [0, 0.1) is 45.6 Å². The zero-order chi connectivity index (χ0) is 20.4. The van der Waals surface area contributed by atoms with Crippen molar-refractivity contribution >= 4 is 23.7 Å². The van der Waals surface area contributed by atoms with Gasteiger partial charge in [-0.2, -0.15) is 10.1 Å². The number of hydrogen-bond acceptors (Lipinski definition) is 7. The number of nitro benzene ring substituents is 1. The SMILES string of the molecule is COc1cc(/C=N\N2C(=O)[C@@H]3[C@@H]4C=C[C@H]([C@H]5C[C@H]45)[C@@H]3C2=O)c([N+](=O)[O-])cc1OC. The first kappa shape index (κ1) is 17.8. The number of methoxy groups -OCH3 is 2. The quantitative estimate of drug-likeness (QED) is 0.247. The van der Waals surface area contributed by atoms with E-state index in [1.807, 2.05) is 0 Å². The molecule has 3 fully saturated rings. The number of hydrogen-bond donors (Lipinski definition) is 0. The highest BCUT2D eigenvalue weighted by atomic mass is 16.6. The van der Waals surface area contributed by atoms with Crippen molar-refractivity contribution in [2.24, 2.45) is 40.6 Å². The van der Waals surface area contributed by atoms with Gasteiger partial charge in [0.05, 0.1) is 48.8 Å². The molecule has 1 aromatic carbocycles. The third-order valence-electron chi connectivity index (χ3n) is 6.68. The fourth-order valence-corrected chi connectivity index (χ4v) is 5.32. The molecule has 5 aliphatic rings. The Bertz CT molecular complexity index is 966. The Balaban J connectivity index is 1.48. The van der Waals surface area contributed by atoms with Gasteiger partial charge < -0.3 is 9.47 Å². The van der Waals surface area contributed by atoms with Gasteiger partial charge in [0.1, 0.15) is 0 Å². The maximum atomic E-state index is 12.9. The highest BCUT2D eigenvalue weighted by Gasteiger charge is 2.67. The van der Waals surface area contributed by atoms with Crippen LogP contribution < -0.4 is 9.47 Å². The average Bonchev–Trinajstić information content (AvgIpc) is 3.50. The number of hydrazone groups is 1. The lowest BCUT2D eigenvalue weighted by molar-refractivity contribution is -0.385. The normalized spacial score (nSPS) is 33.8. The van der Waals surface area contributed by atoms with E-state index in [2.05, 4.69) is 17.3 Å². The van der Waals surface area contributed by atoms with E-state index in [0.717, 1.165) is 11.4 Å². The molecule has 0 radical (unpaired) electrons. The number of nitro groups is 1.